The lowest BCUT2D eigenvalue weighted by Gasteiger charge is -2.34. The van der Waals surface area contributed by atoms with E-state index in [9.17, 15) is 18.0 Å². The van der Waals surface area contributed by atoms with Crippen LogP contribution in [-0.4, -0.2) is 55.6 Å². The molecule has 0 aromatic heterocycles. The number of carbonyl (C=O) groups is 2. The molecule has 0 aliphatic carbocycles. The molecule has 1 fully saturated rings. The highest BCUT2D eigenvalue weighted by atomic mass is 32.2. The average Bonchev–Trinajstić information content (AvgIpc) is 2.74. The van der Waals surface area contributed by atoms with E-state index in [2.05, 4.69) is 5.32 Å². The first-order chi connectivity index (χ1) is 14.3. The number of nitrogens with one attached hydrogen (secondary N) is 1. The van der Waals surface area contributed by atoms with Crippen molar-refractivity contribution in [3.05, 3.63) is 71.8 Å². The lowest BCUT2D eigenvalue weighted by atomic mass is 10.0. The second-order valence-corrected chi connectivity index (χ2v) is 9.36. The van der Waals surface area contributed by atoms with Gasteiger partial charge in [0.1, 0.15) is 0 Å². The summed E-state index contributed by atoms with van der Waals surface area (Å²) in [6.07, 6.45) is 0.139. The molecule has 160 valence electrons. The van der Waals surface area contributed by atoms with E-state index in [1.807, 2.05) is 48.5 Å². The Morgan fingerprint density at radius 1 is 0.933 bits per heavy atom. The highest BCUT2D eigenvalue weighted by Gasteiger charge is 2.30. The Balaban J connectivity index is 1.58. The number of piperazine rings is 1. The maximum Gasteiger partial charge on any atom is 0.225 e. The second kappa shape index (κ2) is 9.86. The van der Waals surface area contributed by atoms with Crippen molar-refractivity contribution in [1.82, 2.24) is 14.5 Å². The molecule has 0 spiro atoms. The van der Waals surface area contributed by atoms with Crippen LogP contribution in [0.1, 0.15) is 30.5 Å². The Morgan fingerprint density at radius 3 is 2.07 bits per heavy atom. The molecule has 1 aliphatic heterocycles. The highest BCUT2D eigenvalue weighted by Crippen LogP contribution is 2.20. The maximum absolute atomic E-state index is 12.8. The molecule has 0 saturated carbocycles. The van der Waals surface area contributed by atoms with Crippen LogP contribution in [-0.2, 0) is 25.4 Å². The van der Waals surface area contributed by atoms with Gasteiger partial charge in [-0.3, -0.25) is 9.59 Å². The molecule has 2 aromatic carbocycles. The van der Waals surface area contributed by atoms with Gasteiger partial charge in [-0.2, -0.15) is 4.31 Å². The van der Waals surface area contributed by atoms with Gasteiger partial charge in [0.15, 0.2) is 0 Å². The molecule has 30 heavy (non-hydrogen) atoms. The number of hydrogen-bond acceptors (Lipinski definition) is 4. The molecule has 0 bridgehead atoms. The Labute approximate surface area is 177 Å². The summed E-state index contributed by atoms with van der Waals surface area (Å²) in [7, 11) is -3.43. The van der Waals surface area contributed by atoms with Gasteiger partial charge in [0, 0.05) is 33.1 Å². The molecule has 1 atom stereocenters. The van der Waals surface area contributed by atoms with Crippen molar-refractivity contribution in [2.24, 2.45) is 0 Å². The third kappa shape index (κ3) is 5.90. The van der Waals surface area contributed by atoms with Crippen molar-refractivity contribution in [2.45, 2.75) is 25.1 Å². The maximum atomic E-state index is 12.8. The number of hydrogen-bond donors (Lipinski definition) is 1. The molecule has 0 radical (unpaired) electrons. The van der Waals surface area contributed by atoms with Gasteiger partial charge < -0.3 is 10.2 Å². The van der Waals surface area contributed by atoms with Gasteiger partial charge in [-0.15, -0.1) is 0 Å². The van der Waals surface area contributed by atoms with Crippen LogP contribution in [0.4, 0.5) is 0 Å². The van der Waals surface area contributed by atoms with Gasteiger partial charge in [-0.05, 0) is 11.1 Å². The Hall–Kier alpha value is -2.71. The number of nitrogens with zero attached hydrogens (tertiary/aromatic N) is 2. The first-order valence-electron chi connectivity index (χ1n) is 9.97. The lowest BCUT2D eigenvalue weighted by Crippen LogP contribution is -2.51. The minimum Gasteiger partial charge on any atom is -0.349 e. The van der Waals surface area contributed by atoms with E-state index < -0.39 is 16.1 Å². The minimum absolute atomic E-state index is 0.0413. The number of amides is 2. The van der Waals surface area contributed by atoms with Crippen molar-refractivity contribution in [1.29, 1.82) is 0 Å². The zero-order valence-electron chi connectivity index (χ0n) is 17.0. The van der Waals surface area contributed by atoms with E-state index >= 15 is 0 Å². The van der Waals surface area contributed by atoms with Crippen molar-refractivity contribution in [3.8, 4) is 0 Å². The second-order valence-electron chi connectivity index (χ2n) is 7.39. The molecule has 2 amide bonds. The Kier molecular flexibility index (Phi) is 7.23. The molecule has 3 rings (SSSR count). The summed E-state index contributed by atoms with van der Waals surface area (Å²) in [5.41, 5.74) is 1.61. The zero-order chi connectivity index (χ0) is 21.6. The molecule has 2 aromatic rings. The first-order valence-corrected chi connectivity index (χ1v) is 11.6. The van der Waals surface area contributed by atoms with Crippen LogP contribution in [0.2, 0.25) is 0 Å². The van der Waals surface area contributed by atoms with Crippen LogP contribution in [0.5, 0.6) is 0 Å². The summed E-state index contributed by atoms with van der Waals surface area (Å²) in [6, 6.07) is 18.0. The predicted octanol–water partition coefficient (Wildman–Crippen LogP) is 1.93. The van der Waals surface area contributed by atoms with Crippen molar-refractivity contribution >= 4 is 21.8 Å². The molecule has 1 heterocycles. The highest BCUT2D eigenvalue weighted by molar-refractivity contribution is 7.88. The normalized spacial score (nSPS) is 16.1. The summed E-state index contributed by atoms with van der Waals surface area (Å²) in [5.74, 6) is -0.341. The molecule has 7 nitrogen and oxygen atoms in total. The Morgan fingerprint density at radius 2 is 1.50 bits per heavy atom. The fraction of sp³-hybridized carbons (Fsp3) is 0.364. The van der Waals surface area contributed by atoms with E-state index in [1.165, 1.54) is 11.2 Å². The first kappa shape index (κ1) is 22.0. The van der Waals surface area contributed by atoms with E-state index in [-0.39, 0.29) is 37.1 Å². The van der Waals surface area contributed by atoms with Crippen molar-refractivity contribution in [3.63, 3.8) is 0 Å². The molecular formula is C22H27N3O4S. The number of rotatable bonds is 7. The third-order valence-electron chi connectivity index (χ3n) is 5.13. The van der Waals surface area contributed by atoms with E-state index in [0.717, 1.165) is 11.1 Å². The van der Waals surface area contributed by atoms with Crippen LogP contribution in [0.15, 0.2) is 60.7 Å². The number of carbonyl (C=O) groups excluding carboxylic acids is 2. The van der Waals surface area contributed by atoms with Gasteiger partial charge in [-0.25, -0.2) is 8.42 Å². The van der Waals surface area contributed by atoms with Crippen LogP contribution in [0.25, 0.3) is 0 Å². The van der Waals surface area contributed by atoms with Crippen LogP contribution in [0, 0.1) is 0 Å². The summed E-state index contributed by atoms with van der Waals surface area (Å²) in [6.45, 7) is 2.66. The van der Waals surface area contributed by atoms with Crippen molar-refractivity contribution in [2.75, 3.05) is 26.2 Å². The van der Waals surface area contributed by atoms with Crippen LogP contribution < -0.4 is 5.32 Å². The number of benzene rings is 2. The van der Waals surface area contributed by atoms with E-state index in [4.69, 9.17) is 0 Å². The van der Waals surface area contributed by atoms with Crippen LogP contribution >= 0.6 is 0 Å². The average molecular weight is 430 g/mol. The van der Waals surface area contributed by atoms with Gasteiger partial charge in [-0.1, -0.05) is 60.7 Å². The molecule has 8 heteroatoms. The third-order valence-corrected chi connectivity index (χ3v) is 6.98. The predicted molar refractivity (Wildman–Crippen MR) is 115 cm³/mol. The summed E-state index contributed by atoms with van der Waals surface area (Å²) in [4.78, 5) is 26.1. The summed E-state index contributed by atoms with van der Waals surface area (Å²) < 4.78 is 26.8. The van der Waals surface area contributed by atoms with Gasteiger partial charge in [0.05, 0.1) is 18.2 Å². The van der Waals surface area contributed by atoms with Crippen LogP contribution in [0.3, 0.4) is 0 Å². The molecule has 1 N–H and O–H groups in total. The fourth-order valence-corrected chi connectivity index (χ4v) is 5.09. The minimum atomic E-state index is -3.43. The van der Waals surface area contributed by atoms with Gasteiger partial charge in [0.2, 0.25) is 21.8 Å². The standard InChI is InChI=1S/C22H27N3O4S/c1-18(26)23-21(20-10-6-3-7-11-20)16-22(27)24-12-14-25(15-13-24)30(28,29)17-19-8-4-2-5-9-19/h2-11,21H,12-17H2,1H3,(H,23,26)/t21-/m1/s1. The van der Waals surface area contributed by atoms with E-state index in [0.29, 0.717) is 13.1 Å². The zero-order valence-corrected chi connectivity index (χ0v) is 17.8. The molecular weight excluding hydrogens is 402 g/mol. The lowest BCUT2D eigenvalue weighted by molar-refractivity contribution is -0.133. The number of sulfonamides is 1. The van der Waals surface area contributed by atoms with Gasteiger partial charge in [0.25, 0.3) is 0 Å². The Bertz CT molecular complexity index is 956. The van der Waals surface area contributed by atoms with Gasteiger partial charge >= 0.3 is 0 Å². The quantitative estimate of drug-likeness (QED) is 0.729. The van der Waals surface area contributed by atoms with Crippen molar-refractivity contribution < 1.29 is 18.0 Å². The van der Waals surface area contributed by atoms with E-state index in [1.54, 1.807) is 17.0 Å². The molecule has 1 aliphatic rings. The molecule has 0 unspecified atom stereocenters. The monoisotopic (exact) mass is 429 g/mol. The largest absolute Gasteiger partial charge is 0.349 e. The molecule has 1 saturated heterocycles. The summed E-state index contributed by atoms with van der Waals surface area (Å²) in [5, 5.41) is 2.83. The summed E-state index contributed by atoms with van der Waals surface area (Å²) >= 11 is 0. The fourth-order valence-electron chi connectivity index (χ4n) is 3.58. The SMILES string of the molecule is CC(=O)N[C@H](CC(=O)N1CCN(S(=O)(=O)Cc2ccccc2)CC1)c1ccccc1. The smallest absolute Gasteiger partial charge is 0.225 e. The topological polar surface area (TPSA) is 86.8 Å².